The van der Waals surface area contributed by atoms with Crippen LogP contribution in [0.2, 0.25) is 0 Å². The number of hydrogen-bond donors (Lipinski definition) is 3. The summed E-state index contributed by atoms with van der Waals surface area (Å²) < 4.78 is 10.5. The van der Waals surface area contributed by atoms with Crippen LogP contribution in [-0.2, 0) is 4.79 Å². The molecule has 3 N–H and O–H groups in total. The number of nitro groups is 1. The first-order chi connectivity index (χ1) is 14.3. The minimum atomic E-state index is -0.889. The number of anilines is 1. The van der Waals surface area contributed by atoms with Gasteiger partial charge in [-0.3, -0.25) is 14.9 Å². The van der Waals surface area contributed by atoms with Gasteiger partial charge in [0.05, 0.1) is 25.2 Å². The highest BCUT2D eigenvalue weighted by Gasteiger charge is 2.38. The number of carbonyl (C=O) groups excluding carboxylic acids is 2. The lowest BCUT2D eigenvalue weighted by molar-refractivity contribution is -0.384. The van der Waals surface area contributed by atoms with Crippen LogP contribution in [0.25, 0.3) is 0 Å². The first-order valence-corrected chi connectivity index (χ1v) is 8.87. The lowest BCUT2D eigenvalue weighted by Crippen LogP contribution is -2.51. The second-order valence-electron chi connectivity index (χ2n) is 6.49. The van der Waals surface area contributed by atoms with Crippen LogP contribution >= 0.6 is 0 Å². The topological polar surface area (TPSA) is 132 Å². The van der Waals surface area contributed by atoms with Crippen LogP contribution < -0.4 is 25.4 Å². The Kier molecular flexibility index (Phi) is 5.86. The normalized spacial score (nSPS) is 18.1. The minimum Gasteiger partial charge on any atom is -0.493 e. The third kappa shape index (κ3) is 4.17. The van der Waals surface area contributed by atoms with E-state index >= 15 is 0 Å². The zero-order valence-corrected chi connectivity index (χ0v) is 16.3. The molecule has 156 valence electrons. The summed E-state index contributed by atoms with van der Waals surface area (Å²) in [4.78, 5) is 35.5. The predicted octanol–water partition coefficient (Wildman–Crippen LogP) is 2.73. The number of ether oxygens (including phenoxy) is 2. The summed E-state index contributed by atoms with van der Waals surface area (Å²) in [5, 5.41) is 18.9. The van der Waals surface area contributed by atoms with Gasteiger partial charge in [-0.05, 0) is 23.8 Å². The number of benzene rings is 2. The monoisotopic (exact) mass is 412 g/mol. The number of carbonyl (C=O) groups is 2. The molecule has 1 aliphatic rings. The van der Waals surface area contributed by atoms with Crippen molar-refractivity contribution in [3.63, 3.8) is 0 Å². The van der Waals surface area contributed by atoms with Crippen molar-refractivity contribution < 1.29 is 24.0 Å². The van der Waals surface area contributed by atoms with Crippen molar-refractivity contribution in [1.29, 1.82) is 0 Å². The number of non-ortho nitro benzene ring substituents is 1. The highest BCUT2D eigenvalue weighted by atomic mass is 16.6. The van der Waals surface area contributed by atoms with E-state index in [2.05, 4.69) is 22.5 Å². The largest absolute Gasteiger partial charge is 0.493 e. The van der Waals surface area contributed by atoms with Crippen LogP contribution in [0.3, 0.4) is 0 Å². The molecule has 0 aromatic heterocycles. The van der Waals surface area contributed by atoms with Gasteiger partial charge in [-0.1, -0.05) is 18.7 Å². The van der Waals surface area contributed by atoms with E-state index in [9.17, 15) is 19.7 Å². The molecular weight excluding hydrogens is 392 g/mol. The standard InChI is InChI=1S/C20H20N4O6/c1-11-17(19(25)22-13-5-4-6-14(10-13)24(27)28)18(23-20(26)21-11)12-7-8-15(29-2)16(9-12)30-3/h4-10,17-18H,1H2,2-3H3,(H,22,25)(H2,21,23,26)/t17-,18-/m1/s1. The highest BCUT2D eigenvalue weighted by molar-refractivity contribution is 5.97. The average Bonchev–Trinajstić information content (AvgIpc) is 2.72. The average molecular weight is 412 g/mol. The van der Waals surface area contributed by atoms with Gasteiger partial charge in [-0.2, -0.15) is 0 Å². The second kappa shape index (κ2) is 8.52. The molecule has 0 radical (unpaired) electrons. The number of nitro benzene ring substituents is 1. The van der Waals surface area contributed by atoms with Crippen molar-refractivity contribution in [3.05, 3.63) is 70.4 Å². The fourth-order valence-electron chi connectivity index (χ4n) is 3.23. The maximum atomic E-state index is 13.0. The van der Waals surface area contributed by atoms with E-state index < -0.39 is 28.8 Å². The Labute approximate surface area is 172 Å². The van der Waals surface area contributed by atoms with E-state index in [0.29, 0.717) is 17.1 Å². The van der Waals surface area contributed by atoms with Gasteiger partial charge in [0, 0.05) is 23.5 Å². The van der Waals surface area contributed by atoms with Crippen molar-refractivity contribution in [2.45, 2.75) is 6.04 Å². The summed E-state index contributed by atoms with van der Waals surface area (Å²) in [5.74, 6) is -0.447. The molecule has 1 saturated heterocycles. The smallest absolute Gasteiger partial charge is 0.319 e. The zero-order chi connectivity index (χ0) is 21.8. The van der Waals surface area contributed by atoms with E-state index in [1.807, 2.05) is 0 Å². The summed E-state index contributed by atoms with van der Waals surface area (Å²) in [5.41, 5.74) is 0.896. The summed E-state index contributed by atoms with van der Waals surface area (Å²) in [7, 11) is 2.98. The maximum Gasteiger partial charge on any atom is 0.319 e. The maximum absolute atomic E-state index is 13.0. The van der Waals surface area contributed by atoms with Gasteiger partial charge in [-0.15, -0.1) is 0 Å². The fourth-order valence-corrected chi connectivity index (χ4v) is 3.23. The van der Waals surface area contributed by atoms with Gasteiger partial charge < -0.3 is 25.4 Å². The molecule has 0 bridgehead atoms. The number of amides is 3. The van der Waals surface area contributed by atoms with Crippen LogP contribution in [0, 0.1) is 16.0 Å². The second-order valence-corrected chi connectivity index (χ2v) is 6.49. The predicted molar refractivity (Wildman–Crippen MR) is 108 cm³/mol. The Bertz CT molecular complexity index is 1020. The lowest BCUT2D eigenvalue weighted by Gasteiger charge is -2.34. The fraction of sp³-hybridized carbons (Fsp3) is 0.200. The van der Waals surface area contributed by atoms with Gasteiger partial charge in [0.1, 0.15) is 5.92 Å². The molecule has 0 spiro atoms. The Morgan fingerprint density at radius 3 is 2.57 bits per heavy atom. The molecule has 0 unspecified atom stereocenters. The quantitative estimate of drug-likeness (QED) is 0.494. The first kappa shape index (κ1) is 20.6. The van der Waals surface area contributed by atoms with Gasteiger partial charge in [0.15, 0.2) is 11.5 Å². The van der Waals surface area contributed by atoms with Crippen LogP contribution in [-0.4, -0.2) is 31.1 Å². The minimum absolute atomic E-state index is 0.155. The highest BCUT2D eigenvalue weighted by Crippen LogP contribution is 2.35. The van der Waals surface area contributed by atoms with Crippen LogP contribution in [0.5, 0.6) is 11.5 Å². The van der Waals surface area contributed by atoms with Gasteiger partial charge in [-0.25, -0.2) is 4.79 Å². The summed E-state index contributed by atoms with van der Waals surface area (Å²) in [6.07, 6.45) is 0. The lowest BCUT2D eigenvalue weighted by atomic mass is 9.88. The molecule has 0 aliphatic carbocycles. The zero-order valence-electron chi connectivity index (χ0n) is 16.3. The van der Waals surface area contributed by atoms with Crippen molar-refractivity contribution in [2.24, 2.45) is 5.92 Å². The SMILES string of the molecule is C=C1NC(=O)N[C@H](c2ccc(OC)c(OC)c2)[C@@H]1C(=O)Nc1cccc([N+](=O)[O-])c1. The molecule has 30 heavy (non-hydrogen) atoms. The summed E-state index contributed by atoms with van der Waals surface area (Å²) in [6, 6.07) is 9.37. The Morgan fingerprint density at radius 2 is 1.90 bits per heavy atom. The van der Waals surface area contributed by atoms with Crippen molar-refractivity contribution in [2.75, 3.05) is 19.5 Å². The molecule has 10 nitrogen and oxygen atoms in total. The Morgan fingerprint density at radius 1 is 1.17 bits per heavy atom. The number of hydrogen-bond acceptors (Lipinski definition) is 6. The summed E-state index contributed by atoms with van der Waals surface area (Å²) >= 11 is 0. The number of nitrogens with one attached hydrogen (secondary N) is 3. The van der Waals surface area contributed by atoms with Gasteiger partial charge >= 0.3 is 6.03 Å². The number of nitrogens with zero attached hydrogens (tertiary/aromatic N) is 1. The van der Waals surface area contributed by atoms with Crippen molar-refractivity contribution in [3.8, 4) is 11.5 Å². The molecule has 0 saturated carbocycles. The summed E-state index contributed by atoms with van der Waals surface area (Å²) in [6.45, 7) is 3.81. The number of rotatable bonds is 6. The van der Waals surface area contributed by atoms with Crippen molar-refractivity contribution in [1.82, 2.24) is 10.6 Å². The molecule has 10 heteroatoms. The van der Waals surface area contributed by atoms with Gasteiger partial charge in [0.25, 0.3) is 5.69 Å². The Hall–Kier alpha value is -4.08. The van der Waals surface area contributed by atoms with E-state index in [1.165, 1.54) is 38.5 Å². The molecule has 2 aromatic carbocycles. The van der Waals surface area contributed by atoms with Gasteiger partial charge in [0.2, 0.25) is 5.91 Å². The van der Waals surface area contributed by atoms with Crippen LogP contribution in [0.4, 0.5) is 16.2 Å². The molecule has 2 atom stereocenters. The van der Waals surface area contributed by atoms with E-state index in [1.54, 1.807) is 18.2 Å². The molecule has 3 rings (SSSR count). The Balaban J connectivity index is 1.93. The van der Waals surface area contributed by atoms with Crippen molar-refractivity contribution >= 4 is 23.3 Å². The third-order valence-electron chi connectivity index (χ3n) is 4.64. The number of methoxy groups -OCH3 is 2. The first-order valence-electron chi connectivity index (χ1n) is 8.87. The van der Waals surface area contributed by atoms with E-state index in [-0.39, 0.29) is 17.1 Å². The molecule has 1 aliphatic heterocycles. The van der Waals surface area contributed by atoms with E-state index in [4.69, 9.17) is 9.47 Å². The third-order valence-corrected chi connectivity index (χ3v) is 4.64. The molecule has 3 amide bonds. The molecule has 2 aromatic rings. The van der Waals surface area contributed by atoms with E-state index in [0.717, 1.165) is 0 Å². The van der Waals surface area contributed by atoms with Crippen LogP contribution in [0.15, 0.2) is 54.7 Å². The molecular formula is C20H20N4O6. The molecule has 1 fully saturated rings. The molecule has 1 heterocycles. The van der Waals surface area contributed by atoms with Crippen LogP contribution in [0.1, 0.15) is 11.6 Å². The number of urea groups is 1.